The van der Waals surface area contributed by atoms with E-state index in [9.17, 15) is 9.90 Å². The number of carbonyl (C=O) groups excluding carboxylic acids is 1. The number of nitrogens with one attached hydrogen (secondary N) is 1. The number of ketones is 1. The van der Waals surface area contributed by atoms with Gasteiger partial charge in [0.1, 0.15) is 6.07 Å². The first-order chi connectivity index (χ1) is 8.75. The van der Waals surface area contributed by atoms with Gasteiger partial charge in [0.15, 0.2) is 5.78 Å². The number of nitrogens with zero attached hydrogens (tertiary/aromatic N) is 1. The Morgan fingerprint density at radius 1 is 1.47 bits per heavy atom. The highest BCUT2D eigenvalue weighted by molar-refractivity contribution is 5.95. The molecule has 0 saturated heterocycles. The highest BCUT2D eigenvalue weighted by Crippen LogP contribution is 2.22. The zero-order valence-electron chi connectivity index (χ0n) is 11.8. The van der Waals surface area contributed by atoms with Crippen LogP contribution in [0.25, 0.3) is 0 Å². The van der Waals surface area contributed by atoms with E-state index < -0.39 is 6.10 Å². The summed E-state index contributed by atoms with van der Waals surface area (Å²) in [5, 5.41) is 22.1. The van der Waals surface area contributed by atoms with Gasteiger partial charge >= 0.3 is 0 Å². The second-order valence-electron chi connectivity index (χ2n) is 5.69. The smallest absolute Gasteiger partial charge is 0.159 e. The Kier molecular flexibility index (Phi) is 4.68. The lowest BCUT2D eigenvalue weighted by molar-refractivity contribution is 0.0746. The average Bonchev–Trinajstić information content (AvgIpc) is 2.34. The van der Waals surface area contributed by atoms with Crippen LogP contribution in [0.1, 0.15) is 43.6 Å². The molecule has 2 N–H and O–H groups in total. The number of hydrogen-bond acceptors (Lipinski definition) is 4. The van der Waals surface area contributed by atoms with Gasteiger partial charge in [0.05, 0.1) is 17.4 Å². The monoisotopic (exact) mass is 260 g/mol. The molecule has 0 aliphatic heterocycles. The van der Waals surface area contributed by atoms with Gasteiger partial charge in [-0.05, 0) is 30.5 Å². The number of aliphatic hydroxyl groups is 1. The highest BCUT2D eigenvalue weighted by Gasteiger charge is 2.22. The van der Waals surface area contributed by atoms with Crippen molar-refractivity contribution in [2.24, 2.45) is 5.41 Å². The predicted octanol–water partition coefficient (Wildman–Crippen LogP) is 2.58. The number of carbonyl (C=O) groups is 1. The summed E-state index contributed by atoms with van der Waals surface area (Å²) in [7, 11) is 0. The molecule has 1 unspecified atom stereocenters. The normalized spacial score (nSPS) is 12.6. The summed E-state index contributed by atoms with van der Waals surface area (Å²) in [5.41, 5.74) is 1.36. The van der Waals surface area contributed by atoms with Crippen LogP contribution in [0, 0.1) is 16.7 Å². The summed E-state index contributed by atoms with van der Waals surface area (Å²) in [5.74, 6) is -0.0519. The van der Waals surface area contributed by atoms with Crippen molar-refractivity contribution < 1.29 is 9.90 Å². The van der Waals surface area contributed by atoms with Crippen LogP contribution in [0.2, 0.25) is 0 Å². The van der Waals surface area contributed by atoms with Gasteiger partial charge in [-0.1, -0.05) is 20.8 Å². The largest absolute Gasteiger partial charge is 0.391 e. The molecular weight excluding hydrogens is 240 g/mol. The van der Waals surface area contributed by atoms with E-state index in [0.29, 0.717) is 23.4 Å². The van der Waals surface area contributed by atoms with Crippen molar-refractivity contribution >= 4 is 11.5 Å². The Bertz CT molecular complexity index is 510. The average molecular weight is 260 g/mol. The summed E-state index contributed by atoms with van der Waals surface area (Å²) in [6.07, 6.45) is -0.542. The second kappa shape index (κ2) is 5.85. The van der Waals surface area contributed by atoms with E-state index >= 15 is 0 Å². The van der Waals surface area contributed by atoms with Crippen molar-refractivity contribution in [2.45, 2.75) is 33.8 Å². The van der Waals surface area contributed by atoms with Crippen LogP contribution < -0.4 is 5.32 Å². The zero-order chi connectivity index (χ0) is 14.6. The van der Waals surface area contributed by atoms with E-state index in [0.717, 1.165) is 0 Å². The standard InChI is InChI=1S/C15H20N2O2/c1-10(18)11-5-6-12(8-16)13(7-11)17-9-14(19)15(2,3)4/h5-7,14,17,19H,9H2,1-4H3. The van der Waals surface area contributed by atoms with Crippen LogP contribution in [-0.2, 0) is 0 Å². The van der Waals surface area contributed by atoms with Gasteiger partial charge in [-0.15, -0.1) is 0 Å². The molecule has 1 aromatic rings. The first kappa shape index (κ1) is 15.2. The van der Waals surface area contributed by atoms with Crippen molar-refractivity contribution in [3.05, 3.63) is 29.3 Å². The number of rotatable bonds is 4. The Balaban J connectivity index is 2.91. The van der Waals surface area contributed by atoms with E-state index in [1.807, 2.05) is 20.8 Å². The van der Waals surface area contributed by atoms with E-state index in [-0.39, 0.29) is 11.2 Å². The molecule has 19 heavy (non-hydrogen) atoms. The second-order valence-corrected chi connectivity index (χ2v) is 5.69. The topological polar surface area (TPSA) is 73.1 Å². The number of hydrogen-bond donors (Lipinski definition) is 2. The number of anilines is 1. The maximum Gasteiger partial charge on any atom is 0.159 e. The van der Waals surface area contributed by atoms with E-state index in [1.54, 1.807) is 18.2 Å². The molecule has 0 spiro atoms. The van der Waals surface area contributed by atoms with Crippen LogP contribution in [0.3, 0.4) is 0 Å². The zero-order valence-corrected chi connectivity index (χ0v) is 11.8. The van der Waals surface area contributed by atoms with E-state index in [2.05, 4.69) is 11.4 Å². The molecular formula is C15H20N2O2. The lowest BCUT2D eigenvalue weighted by Crippen LogP contribution is -2.33. The molecule has 0 fully saturated rings. The van der Waals surface area contributed by atoms with Crippen molar-refractivity contribution in [1.82, 2.24) is 0 Å². The van der Waals surface area contributed by atoms with Crippen molar-refractivity contribution in [3.63, 3.8) is 0 Å². The fraction of sp³-hybridized carbons (Fsp3) is 0.467. The van der Waals surface area contributed by atoms with Gasteiger partial charge in [-0.25, -0.2) is 0 Å². The van der Waals surface area contributed by atoms with E-state index in [1.165, 1.54) is 6.92 Å². The molecule has 1 aromatic carbocycles. The van der Waals surface area contributed by atoms with Gasteiger partial charge in [0.2, 0.25) is 0 Å². The number of nitriles is 1. The molecule has 0 heterocycles. The summed E-state index contributed by atoms with van der Waals surface area (Å²) in [4.78, 5) is 11.3. The summed E-state index contributed by atoms with van der Waals surface area (Å²) >= 11 is 0. The highest BCUT2D eigenvalue weighted by atomic mass is 16.3. The molecule has 102 valence electrons. The molecule has 0 aromatic heterocycles. The van der Waals surface area contributed by atoms with Crippen LogP contribution in [-0.4, -0.2) is 23.5 Å². The predicted molar refractivity (Wildman–Crippen MR) is 75.1 cm³/mol. The summed E-state index contributed by atoms with van der Waals surface area (Å²) < 4.78 is 0. The minimum atomic E-state index is -0.542. The maximum absolute atomic E-state index is 11.3. The molecule has 0 radical (unpaired) electrons. The van der Waals surface area contributed by atoms with Gasteiger partial charge in [0.25, 0.3) is 0 Å². The minimum Gasteiger partial charge on any atom is -0.391 e. The van der Waals surface area contributed by atoms with Crippen LogP contribution in [0.4, 0.5) is 5.69 Å². The molecule has 0 bridgehead atoms. The number of Topliss-reactive ketones (excluding diaryl/α,β-unsaturated/α-hetero) is 1. The fourth-order valence-corrected chi connectivity index (χ4v) is 1.52. The number of benzene rings is 1. The van der Waals surface area contributed by atoms with Gasteiger partial charge < -0.3 is 10.4 Å². The molecule has 0 amide bonds. The van der Waals surface area contributed by atoms with Crippen molar-refractivity contribution in [3.8, 4) is 6.07 Å². The molecule has 0 aliphatic carbocycles. The number of aliphatic hydroxyl groups excluding tert-OH is 1. The van der Waals surface area contributed by atoms with Crippen LogP contribution >= 0.6 is 0 Å². The van der Waals surface area contributed by atoms with E-state index in [4.69, 9.17) is 5.26 Å². The molecule has 1 rings (SSSR count). The van der Waals surface area contributed by atoms with Crippen molar-refractivity contribution in [1.29, 1.82) is 5.26 Å². The Hall–Kier alpha value is -1.86. The minimum absolute atomic E-state index is 0.0519. The first-order valence-electron chi connectivity index (χ1n) is 6.22. The molecule has 1 atom stereocenters. The summed E-state index contributed by atoms with van der Waals surface area (Å²) in [6.45, 7) is 7.64. The molecule has 0 aliphatic rings. The summed E-state index contributed by atoms with van der Waals surface area (Å²) in [6, 6.07) is 6.96. The first-order valence-corrected chi connectivity index (χ1v) is 6.22. The lowest BCUT2D eigenvalue weighted by Gasteiger charge is -2.26. The van der Waals surface area contributed by atoms with Gasteiger partial charge in [-0.2, -0.15) is 5.26 Å². The Labute approximate surface area is 114 Å². The SMILES string of the molecule is CC(=O)c1ccc(C#N)c(NCC(O)C(C)(C)C)c1. The maximum atomic E-state index is 11.3. The van der Waals surface area contributed by atoms with Crippen LogP contribution in [0.15, 0.2) is 18.2 Å². The van der Waals surface area contributed by atoms with Gasteiger partial charge in [0, 0.05) is 12.1 Å². The quantitative estimate of drug-likeness (QED) is 0.816. The molecule has 4 heteroatoms. The third kappa shape index (κ3) is 4.08. The Morgan fingerprint density at radius 3 is 2.58 bits per heavy atom. The third-order valence-corrected chi connectivity index (χ3v) is 3.03. The van der Waals surface area contributed by atoms with Crippen LogP contribution in [0.5, 0.6) is 0 Å². The fourth-order valence-electron chi connectivity index (χ4n) is 1.52. The Morgan fingerprint density at radius 2 is 2.11 bits per heavy atom. The molecule has 4 nitrogen and oxygen atoms in total. The molecule has 0 saturated carbocycles. The van der Waals surface area contributed by atoms with Crippen molar-refractivity contribution in [2.75, 3.05) is 11.9 Å². The lowest BCUT2D eigenvalue weighted by atomic mass is 9.89. The van der Waals surface area contributed by atoms with Gasteiger partial charge in [-0.3, -0.25) is 4.79 Å². The third-order valence-electron chi connectivity index (χ3n) is 3.03.